The molecule has 3 aromatic rings. The number of aryl methyl sites for hydroxylation is 1. The number of aromatic nitrogens is 2. The number of amides is 1. The standard InChI is InChI=1S/C22H28N4OS/c1-3-4-8-13-23-18(27)12-9-14-24-21-20-19(17-10-6-5-7-11-17)16(2)28-22(20)26-15-25-21/h5-7,10-11,15H,3-4,8-9,12-14H2,1-2H3,(H,23,27)(H,24,25,26). The zero-order chi connectivity index (χ0) is 19.8. The molecule has 2 heterocycles. The second kappa shape index (κ2) is 10.2. The number of hydrogen-bond acceptors (Lipinski definition) is 5. The lowest BCUT2D eigenvalue weighted by molar-refractivity contribution is -0.121. The maximum absolute atomic E-state index is 11.9. The molecule has 1 amide bonds. The van der Waals surface area contributed by atoms with E-state index in [2.05, 4.69) is 46.6 Å². The van der Waals surface area contributed by atoms with Crippen LogP contribution in [0.15, 0.2) is 36.7 Å². The third-order valence-electron chi connectivity index (χ3n) is 4.70. The van der Waals surface area contributed by atoms with Gasteiger partial charge in [0, 0.05) is 30.0 Å². The molecule has 0 aliphatic carbocycles. The van der Waals surface area contributed by atoms with Gasteiger partial charge in [0.05, 0.1) is 5.39 Å². The van der Waals surface area contributed by atoms with Crippen molar-refractivity contribution in [2.45, 2.75) is 46.0 Å². The van der Waals surface area contributed by atoms with Crippen molar-refractivity contribution in [3.05, 3.63) is 41.5 Å². The largest absolute Gasteiger partial charge is 0.369 e. The Morgan fingerprint density at radius 2 is 1.89 bits per heavy atom. The molecule has 0 fully saturated rings. The maximum Gasteiger partial charge on any atom is 0.220 e. The molecule has 0 saturated heterocycles. The number of rotatable bonds is 10. The Morgan fingerprint density at radius 1 is 1.07 bits per heavy atom. The molecule has 0 aliphatic rings. The van der Waals surface area contributed by atoms with E-state index in [1.165, 1.54) is 22.4 Å². The van der Waals surface area contributed by atoms with E-state index in [4.69, 9.17) is 0 Å². The lowest BCUT2D eigenvalue weighted by Gasteiger charge is -2.09. The van der Waals surface area contributed by atoms with Gasteiger partial charge in [0.25, 0.3) is 0 Å². The molecule has 0 aliphatic heterocycles. The van der Waals surface area contributed by atoms with Crippen LogP contribution in [-0.4, -0.2) is 29.0 Å². The second-order valence-corrected chi connectivity index (χ2v) is 8.09. The zero-order valence-corrected chi connectivity index (χ0v) is 17.4. The molecule has 0 radical (unpaired) electrons. The van der Waals surface area contributed by atoms with Gasteiger partial charge in [-0.2, -0.15) is 0 Å². The Morgan fingerprint density at radius 3 is 2.68 bits per heavy atom. The molecule has 0 spiro atoms. The van der Waals surface area contributed by atoms with Gasteiger partial charge in [0.2, 0.25) is 5.91 Å². The molecule has 0 bridgehead atoms. The van der Waals surface area contributed by atoms with Crippen molar-refractivity contribution in [3.8, 4) is 11.1 Å². The van der Waals surface area contributed by atoms with Crippen LogP contribution in [0.2, 0.25) is 0 Å². The van der Waals surface area contributed by atoms with Gasteiger partial charge in [-0.15, -0.1) is 11.3 Å². The summed E-state index contributed by atoms with van der Waals surface area (Å²) in [7, 11) is 0. The van der Waals surface area contributed by atoms with Crippen molar-refractivity contribution in [2.24, 2.45) is 0 Å². The minimum Gasteiger partial charge on any atom is -0.369 e. The average Bonchev–Trinajstić information content (AvgIpc) is 3.05. The van der Waals surface area contributed by atoms with Crippen molar-refractivity contribution in [1.29, 1.82) is 0 Å². The minimum atomic E-state index is 0.127. The number of nitrogens with one attached hydrogen (secondary N) is 2. The van der Waals surface area contributed by atoms with Crippen LogP contribution in [0.4, 0.5) is 5.82 Å². The van der Waals surface area contributed by atoms with E-state index in [0.717, 1.165) is 41.8 Å². The molecule has 2 N–H and O–H groups in total. The monoisotopic (exact) mass is 396 g/mol. The van der Waals surface area contributed by atoms with Crippen molar-refractivity contribution in [2.75, 3.05) is 18.4 Å². The van der Waals surface area contributed by atoms with E-state index in [0.29, 0.717) is 13.0 Å². The van der Waals surface area contributed by atoms with Crippen LogP contribution in [0, 0.1) is 6.92 Å². The van der Waals surface area contributed by atoms with Crippen molar-refractivity contribution < 1.29 is 4.79 Å². The molecule has 1 aromatic carbocycles. The first-order valence-corrected chi connectivity index (χ1v) is 10.8. The van der Waals surface area contributed by atoms with Crippen LogP contribution in [0.25, 0.3) is 21.3 Å². The van der Waals surface area contributed by atoms with Crippen LogP contribution in [0.3, 0.4) is 0 Å². The van der Waals surface area contributed by atoms with Gasteiger partial charge in [-0.25, -0.2) is 9.97 Å². The van der Waals surface area contributed by atoms with E-state index in [1.54, 1.807) is 17.7 Å². The van der Waals surface area contributed by atoms with Gasteiger partial charge < -0.3 is 10.6 Å². The van der Waals surface area contributed by atoms with Crippen LogP contribution in [0.5, 0.6) is 0 Å². The van der Waals surface area contributed by atoms with E-state index in [9.17, 15) is 4.79 Å². The average molecular weight is 397 g/mol. The Kier molecular flexibility index (Phi) is 7.37. The Hall–Kier alpha value is -2.47. The summed E-state index contributed by atoms with van der Waals surface area (Å²) in [6, 6.07) is 10.4. The number of anilines is 1. The molecule has 3 rings (SSSR count). The van der Waals surface area contributed by atoms with Crippen molar-refractivity contribution in [3.63, 3.8) is 0 Å². The Labute approximate surface area is 170 Å². The first kappa shape index (κ1) is 20.3. The molecular weight excluding hydrogens is 368 g/mol. The molecule has 0 atom stereocenters. The quantitative estimate of drug-likeness (QED) is 0.464. The highest BCUT2D eigenvalue weighted by molar-refractivity contribution is 7.19. The number of thiophene rings is 1. The van der Waals surface area contributed by atoms with Crippen LogP contribution in [-0.2, 0) is 4.79 Å². The number of carbonyl (C=O) groups is 1. The van der Waals surface area contributed by atoms with Gasteiger partial charge in [-0.05, 0) is 25.3 Å². The molecule has 0 saturated carbocycles. The molecule has 28 heavy (non-hydrogen) atoms. The van der Waals surface area contributed by atoms with E-state index in [1.807, 2.05) is 18.2 Å². The van der Waals surface area contributed by atoms with Crippen LogP contribution in [0.1, 0.15) is 43.9 Å². The highest BCUT2D eigenvalue weighted by Gasteiger charge is 2.16. The second-order valence-electron chi connectivity index (χ2n) is 6.89. The highest BCUT2D eigenvalue weighted by Crippen LogP contribution is 2.40. The van der Waals surface area contributed by atoms with Gasteiger partial charge >= 0.3 is 0 Å². The summed E-state index contributed by atoms with van der Waals surface area (Å²) in [6.07, 6.45) is 6.29. The van der Waals surface area contributed by atoms with Gasteiger partial charge in [0.1, 0.15) is 17.0 Å². The molecular formula is C22H28N4OS. The van der Waals surface area contributed by atoms with Crippen LogP contribution >= 0.6 is 11.3 Å². The Bertz CT molecular complexity index is 908. The Balaban J connectivity index is 1.63. The number of benzene rings is 1. The van der Waals surface area contributed by atoms with Crippen LogP contribution < -0.4 is 10.6 Å². The fourth-order valence-electron chi connectivity index (χ4n) is 3.28. The van der Waals surface area contributed by atoms with Gasteiger partial charge in [-0.3, -0.25) is 4.79 Å². The highest BCUT2D eigenvalue weighted by atomic mass is 32.1. The first-order chi connectivity index (χ1) is 13.7. The summed E-state index contributed by atoms with van der Waals surface area (Å²) in [6.45, 7) is 5.77. The maximum atomic E-state index is 11.9. The molecule has 5 nitrogen and oxygen atoms in total. The third kappa shape index (κ3) is 5.07. The first-order valence-electron chi connectivity index (χ1n) is 10.0. The lowest BCUT2D eigenvalue weighted by atomic mass is 10.0. The summed E-state index contributed by atoms with van der Waals surface area (Å²) >= 11 is 1.69. The summed E-state index contributed by atoms with van der Waals surface area (Å²) in [5.74, 6) is 0.971. The lowest BCUT2D eigenvalue weighted by Crippen LogP contribution is -2.24. The normalized spacial score (nSPS) is 10.9. The van der Waals surface area contributed by atoms with E-state index in [-0.39, 0.29) is 5.91 Å². The number of nitrogens with zero attached hydrogens (tertiary/aromatic N) is 2. The predicted octanol–water partition coefficient (Wildman–Crippen LogP) is 5.17. The molecule has 2 aromatic heterocycles. The number of fused-ring (bicyclic) bond motifs is 1. The molecule has 148 valence electrons. The fraction of sp³-hybridized carbons (Fsp3) is 0.409. The zero-order valence-electron chi connectivity index (χ0n) is 16.6. The van der Waals surface area contributed by atoms with Crippen molar-refractivity contribution >= 4 is 33.3 Å². The smallest absolute Gasteiger partial charge is 0.220 e. The summed E-state index contributed by atoms with van der Waals surface area (Å²) < 4.78 is 0. The number of unbranched alkanes of at least 4 members (excludes halogenated alkanes) is 2. The summed E-state index contributed by atoms with van der Waals surface area (Å²) in [5.41, 5.74) is 2.37. The summed E-state index contributed by atoms with van der Waals surface area (Å²) in [5, 5.41) is 7.48. The third-order valence-corrected chi connectivity index (χ3v) is 5.72. The van der Waals surface area contributed by atoms with E-state index < -0.39 is 0 Å². The number of carbonyl (C=O) groups excluding carboxylic acids is 1. The summed E-state index contributed by atoms with van der Waals surface area (Å²) in [4.78, 5) is 23.1. The fourth-order valence-corrected chi connectivity index (χ4v) is 4.29. The SMILES string of the molecule is CCCCCNC(=O)CCCNc1ncnc2sc(C)c(-c3ccccc3)c12. The topological polar surface area (TPSA) is 66.9 Å². The molecule has 0 unspecified atom stereocenters. The van der Waals surface area contributed by atoms with E-state index >= 15 is 0 Å². The minimum absolute atomic E-state index is 0.127. The predicted molar refractivity (Wildman–Crippen MR) is 118 cm³/mol. The van der Waals surface area contributed by atoms with Crippen molar-refractivity contribution in [1.82, 2.24) is 15.3 Å². The van der Waals surface area contributed by atoms with Gasteiger partial charge in [-0.1, -0.05) is 50.1 Å². The van der Waals surface area contributed by atoms with Gasteiger partial charge in [0.15, 0.2) is 0 Å². The molecule has 6 heteroatoms. The number of hydrogen-bond donors (Lipinski definition) is 2.